The molecular weight excluding hydrogens is 264 g/mol. The molecule has 0 saturated heterocycles. The average molecular weight is 292 g/mol. The van der Waals surface area contributed by atoms with Crippen molar-refractivity contribution < 1.29 is 14.3 Å². The third-order valence-electron chi connectivity index (χ3n) is 5.38. The van der Waals surface area contributed by atoms with Gasteiger partial charge in [-0.3, -0.25) is 9.59 Å². The van der Waals surface area contributed by atoms with E-state index in [1.54, 1.807) is 6.08 Å². The molecule has 21 heavy (non-hydrogen) atoms. The van der Waals surface area contributed by atoms with E-state index in [0.29, 0.717) is 0 Å². The van der Waals surface area contributed by atoms with Gasteiger partial charge in [0.1, 0.15) is 12.4 Å². The average Bonchev–Trinajstić information content (AvgIpc) is 2.54. The molecule has 2 aliphatic carbocycles. The zero-order valence-corrected chi connectivity index (χ0v) is 13.2. The predicted octanol–water partition coefficient (Wildman–Crippen LogP) is 4.20. The smallest absolute Gasteiger partial charge is 0.309 e. The Kier molecular flexibility index (Phi) is 6.01. The van der Waals surface area contributed by atoms with Gasteiger partial charge in [0.2, 0.25) is 0 Å². The molecule has 3 heteroatoms. The second-order valence-electron chi connectivity index (χ2n) is 6.68. The van der Waals surface area contributed by atoms with Gasteiger partial charge in [0.25, 0.3) is 0 Å². The largest absolute Gasteiger partial charge is 0.462 e. The maximum Gasteiger partial charge on any atom is 0.309 e. The number of ether oxygens (including phenoxy) is 1. The van der Waals surface area contributed by atoms with Crippen LogP contribution in [-0.2, 0) is 14.3 Å². The summed E-state index contributed by atoms with van der Waals surface area (Å²) in [5.74, 6) is 0.0854. The summed E-state index contributed by atoms with van der Waals surface area (Å²) in [7, 11) is 0. The van der Waals surface area contributed by atoms with Gasteiger partial charge in [-0.05, 0) is 69.3 Å². The Hall–Kier alpha value is -1.12. The normalized spacial score (nSPS) is 31.2. The van der Waals surface area contributed by atoms with E-state index in [2.05, 4.69) is 6.92 Å². The van der Waals surface area contributed by atoms with E-state index in [0.717, 1.165) is 51.2 Å². The molecule has 0 aliphatic heterocycles. The van der Waals surface area contributed by atoms with E-state index in [-0.39, 0.29) is 23.4 Å². The lowest BCUT2D eigenvalue weighted by atomic mass is 9.69. The van der Waals surface area contributed by atoms with Gasteiger partial charge in [0, 0.05) is 0 Å². The van der Waals surface area contributed by atoms with Gasteiger partial charge in [-0.15, -0.1) is 0 Å². The lowest BCUT2D eigenvalue weighted by Gasteiger charge is -2.37. The van der Waals surface area contributed by atoms with Crippen LogP contribution in [-0.4, -0.2) is 18.4 Å². The van der Waals surface area contributed by atoms with Gasteiger partial charge in [0.15, 0.2) is 0 Å². The Morgan fingerprint density at radius 3 is 2.38 bits per heavy atom. The number of hydrogen-bond acceptors (Lipinski definition) is 3. The molecule has 0 atom stereocenters. The summed E-state index contributed by atoms with van der Waals surface area (Å²) in [6, 6.07) is 0. The minimum absolute atomic E-state index is 0.0194. The van der Waals surface area contributed by atoms with Crippen LogP contribution < -0.4 is 0 Å². The van der Waals surface area contributed by atoms with E-state index < -0.39 is 0 Å². The first kappa shape index (κ1) is 16.3. The highest BCUT2D eigenvalue weighted by Gasteiger charge is 2.35. The van der Waals surface area contributed by atoms with Crippen molar-refractivity contribution in [3.63, 3.8) is 0 Å². The van der Waals surface area contributed by atoms with Crippen molar-refractivity contribution in [2.24, 2.45) is 11.3 Å². The fourth-order valence-electron chi connectivity index (χ4n) is 3.75. The van der Waals surface area contributed by atoms with Crippen LogP contribution in [0.15, 0.2) is 12.2 Å². The number of aldehydes is 1. The lowest BCUT2D eigenvalue weighted by molar-refractivity contribution is -0.157. The Bertz CT molecular complexity index is 372. The van der Waals surface area contributed by atoms with E-state index in [4.69, 9.17) is 4.74 Å². The number of carbonyl (C=O) groups is 2. The molecule has 118 valence electrons. The van der Waals surface area contributed by atoms with Gasteiger partial charge < -0.3 is 4.74 Å². The Balaban J connectivity index is 1.83. The highest BCUT2D eigenvalue weighted by atomic mass is 16.5. The zero-order valence-electron chi connectivity index (χ0n) is 13.2. The number of hydrogen-bond donors (Lipinski definition) is 0. The van der Waals surface area contributed by atoms with E-state index in [1.807, 2.05) is 6.08 Å². The quantitative estimate of drug-likeness (QED) is 0.433. The molecule has 0 aromatic heterocycles. The molecule has 2 saturated carbocycles. The minimum Gasteiger partial charge on any atom is -0.462 e. The highest BCUT2D eigenvalue weighted by molar-refractivity contribution is 5.72. The van der Waals surface area contributed by atoms with Gasteiger partial charge in [-0.1, -0.05) is 19.4 Å². The highest BCUT2D eigenvalue weighted by Crippen LogP contribution is 2.43. The number of carbonyl (C=O) groups excluding carboxylic acids is 2. The zero-order chi connectivity index (χ0) is 15.1. The topological polar surface area (TPSA) is 43.4 Å². The second-order valence-corrected chi connectivity index (χ2v) is 6.68. The van der Waals surface area contributed by atoms with E-state index in [9.17, 15) is 9.59 Å². The fourth-order valence-corrected chi connectivity index (χ4v) is 3.75. The monoisotopic (exact) mass is 292 g/mol. The van der Waals surface area contributed by atoms with Crippen molar-refractivity contribution in [1.82, 2.24) is 0 Å². The van der Waals surface area contributed by atoms with Gasteiger partial charge >= 0.3 is 5.97 Å². The predicted molar refractivity (Wildman–Crippen MR) is 82.9 cm³/mol. The van der Waals surface area contributed by atoms with E-state index >= 15 is 0 Å². The molecule has 0 amide bonds. The molecule has 2 aliphatic rings. The Morgan fingerprint density at radius 2 is 1.81 bits per heavy atom. The fraction of sp³-hybridized carbons (Fsp3) is 0.778. The molecule has 2 rings (SSSR count). The third-order valence-corrected chi connectivity index (χ3v) is 5.38. The van der Waals surface area contributed by atoms with Gasteiger partial charge in [0.05, 0.1) is 5.92 Å². The maximum absolute atomic E-state index is 12.3. The summed E-state index contributed by atoms with van der Waals surface area (Å²) in [6.45, 7) is 2.16. The van der Waals surface area contributed by atoms with Crippen molar-refractivity contribution in [3.8, 4) is 0 Å². The summed E-state index contributed by atoms with van der Waals surface area (Å²) in [5, 5.41) is 0. The van der Waals surface area contributed by atoms with Crippen LogP contribution in [0.3, 0.4) is 0 Å². The molecule has 0 bridgehead atoms. The standard InChI is InChI=1S/C18H28O3/c1-2-18(11-6-14-19)12-9-15(10-13-18)17(20)21-16-7-4-3-5-8-16/h6,11,14-16H,2-5,7-10,12-13H2,1H3/b11-6+. The molecule has 0 N–H and O–H groups in total. The summed E-state index contributed by atoms with van der Waals surface area (Å²) < 4.78 is 5.70. The molecule has 0 aromatic carbocycles. The Labute approximate surface area is 128 Å². The van der Waals surface area contributed by atoms with Crippen LogP contribution in [0.5, 0.6) is 0 Å². The summed E-state index contributed by atoms with van der Waals surface area (Å²) in [6.07, 6.45) is 15.2. The third kappa shape index (κ3) is 4.42. The first-order valence-electron chi connectivity index (χ1n) is 8.52. The molecule has 0 unspecified atom stereocenters. The van der Waals surface area contributed by atoms with Crippen molar-refractivity contribution >= 4 is 12.3 Å². The van der Waals surface area contributed by atoms with Crippen LogP contribution >= 0.6 is 0 Å². The number of rotatable bonds is 5. The molecule has 2 fully saturated rings. The van der Waals surface area contributed by atoms with E-state index in [1.165, 1.54) is 19.3 Å². The summed E-state index contributed by atoms with van der Waals surface area (Å²) in [5.41, 5.74) is 0.114. The molecule has 3 nitrogen and oxygen atoms in total. The summed E-state index contributed by atoms with van der Waals surface area (Å²) in [4.78, 5) is 22.8. The molecule has 0 aromatic rings. The van der Waals surface area contributed by atoms with Crippen LogP contribution in [0, 0.1) is 11.3 Å². The van der Waals surface area contributed by atoms with Crippen molar-refractivity contribution in [2.45, 2.75) is 77.2 Å². The van der Waals surface area contributed by atoms with Crippen molar-refractivity contribution in [1.29, 1.82) is 0 Å². The molecule has 0 radical (unpaired) electrons. The minimum atomic E-state index is 0.0194. The SMILES string of the molecule is CCC1(/C=C/C=O)CCC(C(=O)OC2CCCCC2)CC1. The van der Waals surface area contributed by atoms with Crippen molar-refractivity contribution in [2.75, 3.05) is 0 Å². The molecule has 0 spiro atoms. The molecular formula is C18H28O3. The molecule has 0 heterocycles. The van der Waals surface area contributed by atoms with Gasteiger partial charge in [-0.2, -0.15) is 0 Å². The van der Waals surface area contributed by atoms with Gasteiger partial charge in [-0.25, -0.2) is 0 Å². The number of esters is 1. The summed E-state index contributed by atoms with van der Waals surface area (Å²) >= 11 is 0. The van der Waals surface area contributed by atoms with Crippen molar-refractivity contribution in [3.05, 3.63) is 12.2 Å². The van der Waals surface area contributed by atoms with Crippen LogP contribution in [0.4, 0.5) is 0 Å². The second kappa shape index (κ2) is 7.77. The first-order chi connectivity index (χ1) is 10.2. The van der Waals surface area contributed by atoms with Crippen LogP contribution in [0.25, 0.3) is 0 Å². The Morgan fingerprint density at radius 1 is 1.14 bits per heavy atom. The lowest BCUT2D eigenvalue weighted by Crippen LogP contribution is -2.32. The first-order valence-corrected chi connectivity index (χ1v) is 8.52. The van der Waals surface area contributed by atoms with Crippen LogP contribution in [0.1, 0.15) is 71.1 Å². The maximum atomic E-state index is 12.3. The van der Waals surface area contributed by atoms with Crippen LogP contribution in [0.2, 0.25) is 0 Å². The number of allylic oxidation sites excluding steroid dienone is 2.